The fraction of sp³-hybridized carbons (Fsp3) is 0.227. The van der Waals surface area contributed by atoms with E-state index in [1.165, 1.54) is 18.2 Å². The van der Waals surface area contributed by atoms with Gasteiger partial charge in [0.1, 0.15) is 34.7 Å². The van der Waals surface area contributed by atoms with E-state index < -0.39 is 5.82 Å². The summed E-state index contributed by atoms with van der Waals surface area (Å²) in [6, 6.07) is 9.58. The van der Waals surface area contributed by atoms with Crippen LogP contribution in [0.5, 0.6) is 10.8 Å². The molecule has 1 aromatic heterocycles. The van der Waals surface area contributed by atoms with Gasteiger partial charge in [-0.05, 0) is 36.8 Å². The van der Waals surface area contributed by atoms with Crippen molar-refractivity contribution in [1.82, 2.24) is 4.37 Å². The third-order valence-corrected chi connectivity index (χ3v) is 5.83. The Kier molecular flexibility index (Phi) is 7.16. The fourth-order valence-corrected chi connectivity index (χ4v) is 4.06. The van der Waals surface area contributed by atoms with Crippen LogP contribution in [0.15, 0.2) is 35.3 Å². The number of halogens is 3. The van der Waals surface area contributed by atoms with Crippen LogP contribution in [0.4, 0.5) is 10.1 Å². The van der Waals surface area contributed by atoms with Crippen LogP contribution >= 0.6 is 34.7 Å². The number of amidine groups is 1. The van der Waals surface area contributed by atoms with Crippen molar-refractivity contribution in [1.29, 1.82) is 5.26 Å². The molecule has 1 heterocycles. The number of benzene rings is 2. The molecule has 0 fully saturated rings. The molecule has 3 rings (SSSR count). The van der Waals surface area contributed by atoms with Gasteiger partial charge in [0, 0.05) is 36.1 Å². The largest absolute Gasteiger partial charge is 0.443 e. The maximum atomic E-state index is 13.4. The third kappa shape index (κ3) is 4.99. The molecule has 5 nitrogen and oxygen atoms in total. The summed E-state index contributed by atoms with van der Waals surface area (Å²) < 4.78 is 23.7. The van der Waals surface area contributed by atoms with Crippen molar-refractivity contribution in [2.75, 3.05) is 12.4 Å². The van der Waals surface area contributed by atoms with Crippen molar-refractivity contribution in [3.8, 4) is 28.1 Å². The molecule has 9 heteroatoms. The van der Waals surface area contributed by atoms with Gasteiger partial charge in [0.15, 0.2) is 0 Å². The van der Waals surface area contributed by atoms with Crippen LogP contribution in [0.25, 0.3) is 11.3 Å². The second-order valence-corrected chi connectivity index (χ2v) is 8.57. The summed E-state index contributed by atoms with van der Waals surface area (Å²) in [4.78, 5) is 4.25. The molecule has 0 aliphatic rings. The summed E-state index contributed by atoms with van der Waals surface area (Å²) in [6.45, 7) is 5.94. The zero-order valence-electron chi connectivity index (χ0n) is 17.3. The SMILES string of the molecule is CN=C(Nc1cc(C)c(Oc2snc(-c3ccc(F)cc3Cl)c2C#N)cc1Cl)C(C)C. The normalized spacial score (nSPS) is 11.5. The molecule has 0 aliphatic carbocycles. The Bertz CT molecular complexity index is 1200. The molecular weight excluding hydrogens is 458 g/mol. The number of anilines is 1. The first-order chi connectivity index (χ1) is 14.7. The van der Waals surface area contributed by atoms with Gasteiger partial charge in [-0.3, -0.25) is 4.99 Å². The fourth-order valence-electron chi connectivity index (χ4n) is 2.87. The average Bonchev–Trinajstić information content (AvgIpc) is 3.11. The Balaban J connectivity index is 1.94. The summed E-state index contributed by atoms with van der Waals surface area (Å²) in [5, 5.41) is 13.9. The molecule has 0 spiro atoms. The van der Waals surface area contributed by atoms with Gasteiger partial charge in [-0.1, -0.05) is 37.0 Å². The van der Waals surface area contributed by atoms with Crippen molar-refractivity contribution in [3.63, 3.8) is 0 Å². The molecule has 0 atom stereocenters. The number of nitrogens with zero attached hydrogens (tertiary/aromatic N) is 3. The maximum absolute atomic E-state index is 13.4. The molecular formula is C22H19Cl2FN4OS. The Hall–Kier alpha value is -2.66. The lowest BCUT2D eigenvalue weighted by Gasteiger charge is -2.16. The molecule has 2 aromatic carbocycles. The van der Waals surface area contributed by atoms with Crippen molar-refractivity contribution in [2.24, 2.45) is 10.9 Å². The number of aromatic nitrogens is 1. The summed E-state index contributed by atoms with van der Waals surface area (Å²) in [7, 11) is 1.72. The van der Waals surface area contributed by atoms with E-state index in [1.807, 2.05) is 26.8 Å². The van der Waals surface area contributed by atoms with Gasteiger partial charge < -0.3 is 10.1 Å². The van der Waals surface area contributed by atoms with Gasteiger partial charge in [-0.25, -0.2) is 4.39 Å². The number of ether oxygens (including phenoxy) is 1. The molecule has 0 amide bonds. The third-order valence-electron chi connectivity index (χ3n) is 4.48. The van der Waals surface area contributed by atoms with Gasteiger partial charge in [-0.15, -0.1) is 0 Å². The van der Waals surface area contributed by atoms with E-state index in [4.69, 9.17) is 27.9 Å². The second kappa shape index (κ2) is 9.65. The van der Waals surface area contributed by atoms with Crippen LogP contribution in [0, 0.1) is 30.0 Å². The lowest BCUT2D eigenvalue weighted by atomic mass is 10.1. The number of nitriles is 1. The summed E-state index contributed by atoms with van der Waals surface area (Å²) in [5.41, 5.74) is 2.54. The molecule has 0 saturated carbocycles. The number of nitrogens with one attached hydrogen (secondary N) is 1. The Morgan fingerprint density at radius 2 is 2.00 bits per heavy atom. The van der Waals surface area contributed by atoms with Crippen molar-refractivity contribution >= 4 is 46.3 Å². The average molecular weight is 477 g/mol. The molecule has 0 aliphatic heterocycles. The first-order valence-electron chi connectivity index (χ1n) is 9.32. The van der Waals surface area contributed by atoms with Crippen LogP contribution in [0.1, 0.15) is 25.0 Å². The van der Waals surface area contributed by atoms with Gasteiger partial charge in [0.2, 0.25) is 5.06 Å². The number of rotatable bonds is 5. The van der Waals surface area contributed by atoms with E-state index in [9.17, 15) is 9.65 Å². The van der Waals surface area contributed by atoms with Crippen LogP contribution in [-0.4, -0.2) is 17.3 Å². The Labute approximate surface area is 194 Å². The van der Waals surface area contributed by atoms with E-state index in [0.717, 1.165) is 22.9 Å². The molecule has 1 N–H and O–H groups in total. The van der Waals surface area contributed by atoms with E-state index in [2.05, 4.69) is 20.8 Å². The first-order valence-corrected chi connectivity index (χ1v) is 10.8. The lowest BCUT2D eigenvalue weighted by molar-refractivity contribution is 0.491. The van der Waals surface area contributed by atoms with Crippen LogP contribution in [-0.2, 0) is 0 Å². The topological polar surface area (TPSA) is 70.3 Å². The molecule has 0 radical (unpaired) electrons. The highest BCUT2D eigenvalue weighted by molar-refractivity contribution is 7.08. The van der Waals surface area contributed by atoms with Crippen LogP contribution in [0.3, 0.4) is 0 Å². The minimum atomic E-state index is -0.466. The summed E-state index contributed by atoms with van der Waals surface area (Å²) in [5.74, 6) is 1.05. The molecule has 0 bridgehead atoms. The molecule has 3 aromatic rings. The van der Waals surface area contributed by atoms with Crippen LogP contribution < -0.4 is 10.1 Å². The van der Waals surface area contributed by atoms with Gasteiger partial charge in [0.25, 0.3) is 0 Å². The summed E-state index contributed by atoms with van der Waals surface area (Å²) in [6.07, 6.45) is 0. The predicted octanol–water partition coefficient (Wildman–Crippen LogP) is 7.32. The van der Waals surface area contributed by atoms with Gasteiger partial charge >= 0.3 is 0 Å². The van der Waals surface area contributed by atoms with Crippen LogP contribution in [0.2, 0.25) is 10.0 Å². The zero-order valence-corrected chi connectivity index (χ0v) is 19.6. The Morgan fingerprint density at radius 1 is 1.26 bits per heavy atom. The predicted molar refractivity (Wildman–Crippen MR) is 125 cm³/mol. The van der Waals surface area contributed by atoms with Crippen molar-refractivity contribution < 1.29 is 9.13 Å². The molecule has 0 saturated heterocycles. The number of aryl methyl sites for hydroxylation is 1. The monoisotopic (exact) mass is 476 g/mol. The number of aliphatic imine (C=N–C) groups is 1. The van der Waals surface area contributed by atoms with Crippen molar-refractivity contribution in [2.45, 2.75) is 20.8 Å². The standard InChI is InChI=1S/C22H19Cl2FN4OS/c1-11(2)21(27-4)28-18-7-12(3)19(9-17(18)24)30-22-15(10-26)20(29-31-22)14-6-5-13(25)8-16(14)23/h5-9,11H,1-4H3,(H,27,28). The number of hydrogen-bond donors (Lipinski definition) is 1. The van der Waals surface area contributed by atoms with E-state index in [1.54, 1.807) is 13.1 Å². The number of hydrogen-bond acceptors (Lipinski definition) is 5. The minimum absolute atomic E-state index is 0.168. The summed E-state index contributed by atoms with van der Waals surface area (Å²) >= 11 is 13.6. The molecule has 31 heavy (non-hydrogen) atoms. The minimum Gasteiger partial charge on any atom is -0.443 e. The van der Waals surface area contributed by atoms with E-state index in [-0.39, 0.29) is 16.5 Å². The quantitative estimate of drug-likeness (QED) is 0.309. The smallest absolute Gasteiger partial charge is 0.218 e. The van der Waals surface area contributed by atoms with E-state index in [0.29, 0.717) is 32.8 Å². The second-order valence-electron chi connectivity index (χ2n) is 7.02. The van der Waals surface area contributed by atoms with Gasteiger partial charge in [0.05, 0.1) is 15.7 Å². The van der Waals surface area contributed by atoms with E-state index >= 15 is 0 Å². The lowest BCUT2D eigenvalue weighted by Crippen LogP contribution is -2.18. The first kappa shape index (κ1) is 23.0. The molecule has 160 valence electrons. The van der Waals surface area contributed by atoms with Crippen molar-refractivity contribution in [3.05, 3.63) is 57.3 Å². The highest BCUT2D eigenvalue weighted by Crippen LogP contribution is 2.41. The molecule has 0 unspecified atom stereocenters. The highest BCUT2D eigenvalue weighted by Gasteiger charge is 2.21. The Morgan fingerprint density at radius 3 is 2.61 bits per heavy atom. The highest BCUT2D eigenvalue weighted by atomic mass is 35.5. The maximum Gasteiger partial charge on any atom is 0.218 e. The van der Waals surface area contributed by atoms with Gasteiger partial charge in [-0.2, -0.15) is 9.64 Å². The zero-order chi connectivity index (χ0) is 22.7.